The van der Waals surface area contributed by atoms with Crippen LogP contribution in [-0.2, 0) is 0 Å². The number of hydrogen-bond acceptors (Lipinski definition) is 3. The Morgan fingerprint density at radius 1 is 1.14 bits per heavy atom. The van der Waals surface area contributed by atoms with Gasteiger partial charge in [0.1, 0.15) is 11.5 Å². The molecule has 0 spiro atoms. The lowest BCUT2D eigenvalue weighted by Crippen LogP contribution is -2.13. The summed E-state index contributed by atoms with van der Waals surface area (Å²) < 4.78 is 5.94. The predicted molar refractivity (Wildman–Crippen MR) is 84.7 cm³/mol. The Balaban J connectivity index is 2.38. The second-order valence-corrected chi connectivity index (χ2v) is 5.29. The fourth-order valence-electron chi connectivity index (χ4n) is 2.02. The Morgan fingerprint density at radius 2 is 1.81 bits per heavy atom. The summed E-state index contributed by atoms with van der Waals surface area (Å²) in [4.78, 5) is 0. The SMILES string of the molecule is Cc1ccc(C)c(Oc2ccc(C(N)=NO)c(Cl)c2)c1C. The minimum Gasteiger partial charge on any atom is -0.457 e. The van der Waals surface area contributed by atoms with E-state index in [0.29, 0.717) is 16.3 Å². The fraction of sp³-hybridized carbons (Fsp3) is 0.188. The first-order valence-corrected chi connectivity index (χ1v) is 6.84. The summed E-state index contributed by atoms with van der Waals surface area (Å²) in [6.45, 7) is 6.05. The van der Waals surface area contributed by atoms with Gasteiger partial charge in [-0.25, -0.2) is 0 Å². The zero-order valence-corrected chi connectivity index (χ0v) is 12.9. The molecule has 3 N–H and O–H groups in total. The van der Waals surface area contributed by atoms with Crippen molar-refractivity contribution in [2.24, 2.45) is 10.9 Å². The van der Waals surface area contributed by atoms with Gasteiger partial charge in [-0.1, -0.05) is 28.9 Å². The highest BCUT2D eigenvalue weighted by Crippen LogP contribution is 2.32. The Kier molecular flexibility index (Phi) is 4.38. The van der Waals surface area contributed by atoms with E-state index in [9.17, 15) is 0 Å². The Labute approximate surface area is 128 Å². The molecule has 0 heterocycles. The number of aryl methyl sites for hydroxylation is 2. The first-order valence-electron chi connectivity index (χ1n) is 6.46. The van der Waals surface area contributed by atoms with E-state index in [1.54, 1.807) is 18.2 Å². The van der Waals surface area contributed by atoms with Crippen molar-refractivity contribution in [3.05, 3.63) is 57.6 Å². The topological polar surface area (TPSA) is 67.8 Å². The standard InChI is InChI=1S/C16H17ClN2O2/c1-9-4-5-10(2)15(11(9)3)21-12-6-7-13(14(17)8-12)16(18)19-20/h4-8,20H,1-3H3,(H2,18,19). The van der Waals surface area contributed by atoms with Crippen LogP contribution in [0.25, 0.3) is 0 Å². The van der Waals surface area contributed by atoms with Gasteiger partial charge in [0.05, 0.1) is 5.02 Å². The summed E-state index contributed by atoms with van der Waals surface area (Å²) in [5, 5.41) is 12.0. The molecule has 0 amide bonds. The molecule has 0 aromatic heterocycles. The normalized spacial score (nSPS) is 11.5. The highest BCUT2D eigenvalue weighted by Gasteiger charge is 2.11. The number of rotatable bonds is 3. The maximum Gasteiger partial charge on any atom is 0.171 e. The minimum atomic E-state index is -0.0329. The number of nitrogens with two attached hydrogens (primary N) is 1. The predicted octanol–water partition coefficient (Wildman–Crippen LogP) is 4.15. The summed E-state index contributed by atoms with van der Waals surface area (Å²) in [6, 6.07) is 9.12. The fourth-order valence-corrected chi connectivity index (χ4v) is 2.29. The van der Waals surface area contributed by atoms with Gasteiger partial charge in [0.2, 0.25) is 0 Å². The van der Waals surface area contributed by atoms with Crippen molar-refractivity contribution >= 4 is 17.4 Å². The molecule has 0 fully saturated rings. The van der Waals surface area contributed by atoms with Crippen molar-refractivity contribution in [3.8, 4) is 11.5 Å². The number of oxime groups is 1. The summed E-state index contributed by atoms with van der Waals surface area (Å²) in [5.41, 5.74) is 9.30. The van der Waals surface area contributed by atoms with Gasteiger partial charge in [-0.2, -0.15) is 0 Å². The van der Waals surface area contributed by atoms with E-state index in [1.807, 2.05) is 26.8 Å². The molecule has 2 rings (SSSR count). The van der Waals surface area contributed by atoms with Crippen LogP contribution >= 0.6 is 11.6 Å². The van der Waals surface area contributed by atoms with Crippen LogP contribution < -0.4 is 10.5 Å². The third kappa shape index (κ3) is 3.11. The number of ether oxygens (including phenoxy) is 1. The van der Waals surface area contributed by atoms with Gasteiger partial charge in [0, 0.05) is 11.6 Å². The molecule has 4 nitrogen and oxygen atoms in total. The molecule has 21 heavy (non-hydrogen) atoms. The van der Waals surface area contributed by atoms with E-state index in [2.05, 4.69) is 11.2 Å². The van der Waals surface area contributed by atoms with Crippen molar-refractivity contribution in [1.82, 2.24) is 0 Å². The minimum absolute atomic E-state index is 0.0329. The van der Waals surface area contributed by atoms with Gasteiger partial charge in [0.15, 0.2) is 5.84 Å². The number of benzene rings is 2. The second-order valence-electron chi connectivity index (χ2n) is 4.88. The van der Waals surface area contributed by atoms with E-state index in [0.717, 1.165) is 22.4 Å². The quantitative estimate of drug-likeness (QED) is 0.387. The first kappa shape index (κ1) is 15.2. The van der Waals surface area contributed by atoms with Crippen molar-refractivity contribution in [2.45, 2.75) is 20.8 Å². The largest absolute Gasteiger partial charge is 0.457 e. The van der Waals surface area contributed by atoms with E-state index in [4.69, 9.17) is 27.3 Å². The van der Waals surface area contributed by atoms with Crippen LogP contribution in [0.4, 0.5) is 0 Å². The molecule has 0 radical (unpaired) electrons. The first-order chi connectivity index (χ1) is 9.93. The van der Waals surface area contributed by atoms with Crippen LogP contribution in [-0.4, -0.2) is 11.0 Å². The number of nitrogens with zero attached hydrogens (tertiary/aromatic N) is 1. The molecule has 0 aliphatic carbocycles. The molecule has 0 saturated carbocycles. The van der Waals surface area contributed by atoms with Crippen molar-refractivity contribution in [2.75, 3.05) is 0 Å². The highest BCUT2D eigenvalue weighted by atomic mass is 35.5. The third-order valence-electron chi connectivity index (χ3n) is 3.42. The highest BCUT2D eigenvalue weighted by molar-refractivity contribution is 6.34. The average molecular weight is 305 g/mol. The van der Waals surface area contributed by atoms with Crippen molar-refractivity contribution in [1.29, 1.82) is 0 Å². The van der Waals surface area contributed by atoms with Crippen LogP contribution in [0.5, 0.6) is 11.5 Å². The lowest BCUT2D eigenvalue weighted by Gasteiger charge is -2.14. The van der Waals surface area contributed by atoms with Crippen LogP contribution in [0.2, 0.25) is 5.02 Å². The Hall–Kier alpha value is -2.20. The molecule has 0 atom stereocenters. The Morgan fingerprint density at radius 3 is 2.43 bits per heavy atom. The van der Waals surface area contributed by atoms with Crippen LogP contribution in [0, 0.1) is 20.8 Å². The zero-order chi connectivity index (χ0) is 15.6. The maximum absolute atomic E-state index is 8.69. The second kappa shape index (κ2) is 6.06. The number of hydrogen-bond donors (Lipinski definition) is 2. The molecule has 0 aliphatic heterocycles. The zero-order valence-electron chi connectivity index (χ0n) is 12.1. The van der Waals surface area contributed by atoms with Gasteiger partial charge >= 0.3 is 0 Å². The Bertz CT molecular complexity index is 712. The van der Waals surface area contributed by atoms with Crippen molar-refractivity contribution < 1.29 is 9.94 Å². The van der Waals surface area contributed by atoms with Crippen LogP contribution in [0.3, 0.4) is 0 Å². The van der Waals surface area contributed by atoms with Gasteiger partial charge in [-0.05, 0) is 49.6 Å². The van der Waals surface area contributed by atoms with Gasteiger partial charge < -0.3 is 15.7 Å². The monoisotopic (exact) mass is 304 g/mol. The molecular weight excluding hydrogens is 288 g/mol. The summed E-state index contributed by atoms with van der Waals surface area (Å²) in [5.74, 6) is 1.39. The molecule has 110 valence electrons. The lowest BCUT2D eigenvalue weighted by atomic mass is 10.1. The molecular formula is C16H17ClN2O2. The number of halogens is 1. The molecule has 5 heteroatoms. The van der Waals surface area contributed by atoms with E-state index < -0.39 is 0 Å². The molecule has 0 unspecified atom stereocenters. The van der Waals surface area contributed by atoms with E-state index >= 15 is 0 Å². The molecule has 2 aromatic carbocycles. The summed E-state index contributed by atoms with van der Waals surface area (Å²) in [7, 11) is 0. The maximum atomic E-state index is 8.69. The molecule has 0 saturated heterocycles. The van der Waals surface area contributed by atoms with Crippen LogP contribution in [0.15, 0.2) is 35.5 Å². The van der Waals surface area contributed by atoms with Gasteiger partial charge in [0.25, 0.3) is 0 Å². The van der Waals surface area contributed by atoms with Gasteiger partial charge in [-0.15, -0.1) is 0 Å². The van der Waals surface area contributed by atoms with Crippen molar-refractivity contribution in [3.63, 3.8) is 0 Å². The van der Waals surface area contributed by atoms with Gasteiger partial charge in [-0.3, -0.25) is 0 Å². The van der Waals surface area contributed by atoms with E-state index in [-0.39, 0.29) is 5.84 Å². The average Bonchev–Trinajstić information content (AvgIpc) is 2.47. The van der Waals surface area contributed by atoms with Crippen LogP contribution in [0.1, 0.15) is 22.3 Å². The molecule has 2 aromatic rings. The lowest BCUT2D eigenvalue weighted by molar-refractivity contribution is 0.318. The number of amidine groups is 1. The van der Waals surface area contributed by atoms with E-state index in [1.165, 1.54) is 0 Å². The molecule has 0 aliphatic rings. The summed E-state index contributed by atoms with van der Waals surface area (Å²) >= 11 is 6.13. The summed E-state index contributed by atoms with van der Waals surface area (Å²) in [6.07, 6.45) is 0. The third-order valence-corrected chi connectivity index (χ3v) is 3.73. The smallest absolute Gasteiger partial charge is 0.171 e. The molecule has 0 bridgehead atoms.